The first-order valence-electron chi connectivity index (χ1n) is 6.03. The van der Waals surface area contributed by atoms with E-state index in [9.17, 15) is 4.39 Å². The molecule has 6 heteroatoms. The van der Waals surface area contributed by atoms with Crippen LogP contribution < -0.4 is 16.2 Å². The molecule has 0 saturated heterocycles. The molecule has 0 radical (unpaired) electrons. The van der Waals surface area contributed by atoms with Gasteiger partial charge in [-0.3, -0.25) is 5.43 Å². The Hall–Kier alpha value is -1.43. The van der Waals surface area contributed by atoms with Crippen LogP contribution in [-0.4, -0.2) is 22.6 Å². The average Bonchev–Trinajstić information content (AvgIpc) is 3.19. The third kappa shape index (κ3) is 2.31. The molecule has 5 nitrogen and oxygen atoms in total. The van der Waals surface area contributed by atoms with Gasteiger partial charge in [-0.25, -0.2) is 15.2 Å². The minimum Gasteiger partial charge on any atom is -0.351 e. The zero-order valence-corrected chi connectivity index (χ0v) is 9.56. The molecule has 92 valence electrons. The van der Waals surface area contributed by atoms with Crippen LogP contribution in [0.2, 0.25) is 0 Å². The molecule has 1 aromatic heterocycles. The average molecular weight is 237 g/mol. The topological polar surface area (TPSA) is 67.1 Å². The Balaban J connectivity index is 1.87. The fourth-order valence-corrected chi connectivity index (χ4v) is 2.00. The van der Waals surface area contributed by atoms with Crippen LogP contribution in [-0.2, 0) is 0 Å². The zero-order valence-electron chi connectivity index (χ0n) is 9.56. The van der Waals surface area contributed by atoms with Crippen LogP contribution in [0.5, 0.6) is 0 Å². The fraction of sp³-hybridized carbons (Fsp3) is 0.636. The first-order chi connectivity index (χ1) is 8.28. The van der Waals surface area contributed by atoms with E-state index in [0.29, 0.717) is 17.8 Å². The molecular weight excluding hydrogens is 221 g/mol. The molecule has 0 unspecified atom stereocenters. The molecule has 0 atom stereocenters. The van der Waals surface area contributed by atoms with Crippen molar-refractivity contribution in [3.8, 4) is 0 Å². The van der Waals surface area contributed by atoms with Crippen molar-refractivity contribution in [2.75, 3.05) is 16.9 Å². The Morgan fingerprint density at radius 2 is 2.18 bits per heavy atom. The van der Waals surface area contributed by atoms with E-state index in [4.69, 9.17) is 5.84 Å². The molecule has 2 fully saturated rings. The monoisotopic (exact) mass is 237 g/mol. The molecule has 3 rings (SSSR count). The lowest BCUT2D eigenvalue weighted by molar-refractivity contribution is 0.593. The molecule has 0 aromatic carbocycles. The van der Waals surface area contributed by atoms with Crippen molar-refractivity contribution in [3.05, 3.63) is 12.0 Å². The number of nitrogens with one attached hydrogen (secondary N) is 1. The van der Waals surface area contributed by atoms with E-state index in [1.165, 1.54) is 19.0 Å². The number of hydrogen-bond acceptors (Lipinski definition) is 5. The number of nitrogen functional groups attached to an aromatic ring is 1. The van der Waals surface area contributed by atoms with E-state index in [0.717, 1.165) is 19.4 Å². The normalized spacial score (nSPS) is 19.2. The maximum atomic E-state index is 13.8. The van der Waals surface area contributed by atoms with Crippen molar-refractivity contribution in [1.82, 2.24) is 9.97 Å². The number of halogens is 1. The molecule has 2 aliphatic rings. The minimum atomic E-state index is -0.364. The summed E-state index contributed by atoms with van der Waals surface area (Å²) in [5, 5.41) is 0. The van der Waals surface area contributed by atoms with Gasteiger partial charge in [0.25, 0.3) is 0 Å². The van der Waals surface area contributed by atoms with Crippen LogP contribution in [0.15, 0.2) is 6.20 Å². The van der Waals surface area contributed by atoms with E-state index in [1.54, 1.807) is 0 Å². The van der Waals surface area contributed by atoms with Gasteiger partial charge < -0.3 is 4.90 Å². The van der Waals surface area contributed by atoms with Gasteiger partial charge in [0.05, 0.1) is 6.20 Å². The molecule has 0 amide bonds. The van der Waals surface area contributed by atoms with Gasteiger partial charge in [-0.2, -0.15) is 4.98 Å². The van der Waals surface area contributed by atoms with Crippen LogP contribution in [0.3, 0.4) is 0 Å². The summed E-state index contributed by atoms with van der Waals surface area (Å²) in [6.07, 6.45) is 5.93. The maximum absolute atomic E-state index is 13.8. The first-order valence-corrected chi connectivity index (χ1v) is 6.03. The molecule has 2 aliphatic carbocycles. The molecular formula is C11H16FN5. The van der Waals surface area contributed by atoms with Gasteiger partial charge >= 0.3 is 0 Å². The summed E-state index contributed by atoms with van der Waals surface area (Å²) >= 11 is 0. The van der Waals surface area contributed by atoms with Crippen molar-refractivity contribution in [2.45, 2.75) is 31.7 Å². The lowest BCUT2D eigenvalue weighted by Gasteiger charge is -2.23. The van der Waals surface area contributed by atoms with Gasteiger partial charge in [-0.15, -0.1) is 0 Å². The quantitative estimate of drug-likeness (QED) is 0.596. The highest BCUT2D eigenvalue weighted by atomic mass is 19.1. The van der Waals surface area contributed by atoms with Gasteiger partial charge in [0, 0.05) is 12.6 Å². The second kappa shape index (κ2) is 4.10. The standard InChI is InChI=1S/C11H16FN5/c12-9-5-14-11(16-13)15-10(9)17(8-3-4-8)6-7-1-2-7/h5,7-8H,1-4,6,13H2,(H,14,15,16). The van der Waals surface area contributed by atoms with E-state index in [-0.39, 0.29) is 11.8 Å². The van der Waals surface area contributed by atoms with E-state index in [2.05, 4.69) is 20.3 Å². The second-order valence-electron chi connectivity index (χ2n) is 4.84. The summed E-state index contributed by atoms with van der Waals surface area (Å²) in [6.45, 7) is 0.905. The molecule has 3 N–H and O–H groups in total. The van der Waals surface area contributed by atoms with Gasteiger partial charge in [0.1, 0.15) is 0 Å². The van der Waals surface area contributed by atoms with Crippen LogP contribution >= 0.6 is 0 Å². The van der Waals surface area contributed by atoms with E-state index < -0.39 is 0 Å². The maximum Gasteiger partial charge on any atom is 0.239 e. The molecule has 0 bridgehead atoms. The summed E-state index contributed by atoms with van der Waals surface area (Å²) in [6, 6.07) is 0.450. The summed E-state index contributed by atoms with van der Waals surface area (Å²) in [5.41, 5.74) is 2.36. The van der Waals surface area contributed by atoms with Crippen molar-refractivity contribution in [1.29, 1.82) is 0 Å². The molecule has 0 aliphatic heterocycles. The molecule has 2 saturated carbocycles. The van der Waals surface area contributed by atoms with Crippen molar-refractivity contribution in [3.63, 3.8) is 0 Å². The Labute approximate surface area is 99.2 Å². The number of rotatable bonds is 5. The molecule has 0 spiro atoms. The Morgan fingerprint density at radius 1 is 1.41 bits per heavy atom. The highest BCUT2D eigenvalue weighted by molar-refractivity contribution is 5.46. The van der Waals surface area contributed by atoms with Crippen molar-refractivity contribution in [2.24, 2.45) is 11.8 Å². The Morgan fingerprint density at radius 3 is 2.76 bits per heavy atom. The van der Waals surface area contributed by atoms with Gasteiger partial charge in [-0.1, -0.05) is 0 Å². The zero-order chi connectivity index (χ0) is 11.8. The van der Waals surface area contributed by atoms with Crippen LogP contribution in [0.25, 0.3) is 0 Å². The number of anilines is 2. The summed E-state index contributed by atoms with van der Waals surface area (Å²) in [7, 11) is 0. The predicted octanol–water partition coefficient (Wildman–Crippen LogP) is 1.28. The van der Waals surface area contributed by atoms with Crippen molar-refractivity contribution < 1.29 is 4.39 Å². The predicted molar refractivity (Wildman–Crippen MR) is 62.9 cm³/mol. The number of hydrogen-bond donors (Lipinski definition) is 2. The molecule has 1 aromatic rings. The number of nitrogens with two attached hydrogens (primary N) is 1. The number of hydrazine groups is 1. The highest BCUT2D eigenvalue weighted by Crippen LogP contribution is 2.37. The fourth-order valence-electron chi connectivity index (χ4n) is 2.00. The second-order valence-corrected chi connectivity index (χ2v) is 4.84. The summed E-state index contributed by atoms with van der Waals surface area (Å²) < 4.78 is 13.8. The van der Waals surface area contributed by atoms with Crippen LogP contribution in [0.1, 0.15) is 25.7 Å². The van der Waals surface area contributed by atoms with Gasteiger partial charge in [0.2, 0.25) is 5.95 Å². The van der Waals surface area contributed by atoms with Gasteiger partial charge in [-0.05, 0) is 31.6 Å². The van der Waals surface area contributed by atoms with E-state index in [1.807, 2.05) is 0 Å². The molecule has 1 heterocycles. The largest absolute Gasteiger partial charge is 0.351 e. The highest BCUT2D eigenvalue weighted by Gasteiger charge is 2.35. The SMILES string of the molecule is NNc1ncc(F)c(N(CC2CC2)C2CC2)n1. The van der Waals surface area contributed by atoms with Gasteiger partial charge in [0.15, 0.2) is 11.6 Å². The number of nitrogens with zero attached hydrogens (tertiary/aromatic N) is 3. The summed E-state index contributed by atoms with van der Waals surface area (Å²) in [4.78, 5) is 9.98. The lowest BCUT2D eigenvalue weighted by atomic mass is 10.3. The van der Waals surface area contributed by atoms with Crippen LogP contribution in [0.4, 0.5) is 16.2 Å². The van der Waals surface area contributed by atoms with E-state index >= 15 is 0 Å². The molecule has 17 heavy (non-hydrogen) atoms. The smallest absolute Gasteiger partial charge is 0.239 e. The lowest BCUT2D eigenvalue weighted by Crippen LogP contribution is -2.30. The third-order valence-corrected chi connectivity index (χ3v) is 3.27. The Bertz CT molecular complexity index is 416. The minimum absolute atomic E-state index is 0.267. The Kier molecular flexibility index (Phi) is 2.58. The van der Waals surface area contributed by atoms with Crippen LogP contribution in [0, 0.1) is 11.7 Å². The summed E-state index contributed by atoms with van der Waals surface area (Å²) in [5.74, 6) is 6.26. The third-order valence-electron chi connectivity index (χ3n) is 3.27. The number of aromatic nitrogens is 2. The first kappa shape index (κ1) is 10.7. The van der Waals surface area contributed by atoms with Crippen molar-refractivity contribution >= 4 is 11.8 Å².